The van der Waals surface area contributed by atoms with Crippen LogP contribution in [-0.4, -0.2) is 9.55 Å². The van der Waals surface area contributed by atoms with Crippen LogP contribution in [0.1, 0.15) is 5.82 Å². The Balaban J connectivity index is 2.36. The molecule has 0 aliphatic carbocycles. The van der Waals surface area contributed by atoms with E-state index in [9.17, 15) is 0 Å². The van der Waals surface area contributed by atoms with Gasteiger partial charge in [0.2, 0.25) is 0 Å². The highest BCUT2D eigenvalue weighted by atomic mass is 35.5. The smallest absolute Gasteiger partial charge is 0.121 e. The summed E-state index contributed by atoms with van der Waals surface area (Å²) in [5.41, 5.74) is 1.79. The Morgan fingerprint density at radius 2 is 1.65 bits per heavy atom. The Morgan fingerprint density at radius 1 is 1.00 bits per heavy atom. The molecule has 0 amide bonds. The van der Waals surface area contributed by atoms with E-state index in [-0.39, 0.29) is 0 Å². The van der Waals surface area contributed by atoms with Gasteiger partial charge in [0.15, 0.2) is 0 Å². The quantitative estimate of drug-likeness (QED) is 0.561. The van der Waals surface area contributed by atoms with Crippen LogP contribution in [0.5, 0.6) is 0 Å². The molecule has 3 rings (SSSR count). The van der Waals surface area contributed by atoms with Crippen molar-refractivity contribution < 1.29 is 0 Å². The largest absolute Gasteiger partial charge is 0.289 e. The van der Waals surface area contributed by atoms with Crippen LogP contribution in [-0.2, 0) is 0 Å². The van der Waals surface area contributed by atoms with Crippen LogP contribution in [0.25, 0.3) is 16.6 Å². The van der Waals surface area contributed by atoms with Gasteiger partial charge in [-0.3, -0.25) is 4.57 Å². The number of nitrogens with zero attached hydrogens (tertiary/aromatic N) is 2. The second-order valence-electron chi connectivity index (χ2n) is 4.44. The summed E-state index contributed by atoms with van der Waals surface area (Å²) in [4.78, 5) is 4.58. The summed E-state index contributed by atoms with van der Waals surface area (Å²) in [5, 5.41) is 2.21. The summed E-state index contributed by atoms with van der Waals surface area (Å²) < 4.78 is 2.61. The van der Waals surface area contributed by atoms with Crippen LogP contribution < -0.4 is 0 Å². The van der Waals surface area contributed by atoms with E-state index in [0.29, 0.717) is 14.7 Å². The number of hydrogen-bond acceptors (Lipinski definition) is 2. The number of benzene rings is 2. The molecule has 0 spiro atoms. The van der Waals surface area contributed by atoms with E-state index in [1.54, 1.807) is 0 Å². The van der Waals surface area contributed by atoms with Crippen LogP contribution in [0.3, 0.4) is 0 Å². The Bertz CT molecular complexity index is 854. The van der Waals surface area contributed by atoms with Gasteiger partial charge >= 0.3 is 0 Å². The van der Waals surface area contributed by atoms with E-state index in [2.05, 4.69) is 4.98 Å². The van der Waals surface area contributed by atoms with Gasteiger partial charge in [-0.05, 0) is 49.4 Å². The molecule has 0 fully saturated rings. The Labute approximate surface area is 131 Å². The molecule has 0 radical (unpaired) electrons. The molecule has 0 N–H and O–H groups in total. The molecule has 5 heteroatoms. The average molecular weight is 321 g/mol. The van der Waals surface area contributed by atoms with Crippen LogP contribution in [0.15, 0.2) is 42.5 Å². The zero-order chi connectivity index (χ0) is 14.3. The summed E-state index contributed by atoms with van der Waals surface area (Å²) in [6.45, 7) is 1.93. The Kier molecular flexibility index (Phi) is 3.50. The molecule has 0 aliphatic rings. The van der Waals surface area contributed by atoms with Crippen LogP contribution in [0.4, 0.5) is 0 Å². The Hall–Kier alpha value is -1.42. The lowest BCUT2D eigenvalue weighted by Gasteiger charge is -2.12. The van der Waals surface area contributed by atoms with E-state index in [4.69, 9.17) is 35.4 Å². The molecule has 1 aromatic heterocycles. The number of halogens is 2. The predicted octanol–water partition coefficient (Wildman–Crippen LogP) is 5.37. The topological polar surface area (TPSA) is 17.8 Å². The van der Waals surface area contributed by atoms with Crippen molar-refractivity contribution >= 4 is 46.3 Å². The second kappa shape index (κ2) is 5.17. The first-order chi connectivity index (χ1) is 9.56. The fourth-order valence-corrected chi connectivity index (χ4v) is 2.86. The first-order valence-electron chi connectivity index (χ1n) is 6.01. The van der Waals surface area contributed by atoms with Crippen molar-refractivity contribution in [1.29, 1.82) is 0 Å². The number of aryl methyl sites for hydroxylation is 1. The molecule has 1 heterocycles. The number of hydrogen-bond donors (Lipinski definition) is 0. The third-order valence-corrected chi connectivity index (χ3v) is 3.97. The molecule has 100 valence electrons. The van der Waals surface area contributed by atoms with Crippen molar-refractivity contribution in [2.75, 3.05) is 0 Å². The van der Waals surface area contributed by atoms with Gasteiger partial charge in [-0.1, -0.05) is 35.4 Å². The highest BCUT2D eigenvalue weighted by Gasteiger charge is 2.07. The van der Waals surface area contributed by atoms with E-state index in [1.807, 2.05) is 54.0 Å². The van der Waals surface area contributed by atoms with Gasteiger partial charge in [0.1, 0.15) is 10.5 Å². The Morgan fingerprint density at radius 3 is 2.35 bits per heavy atom. The van der Waals surface area contributed by atoms with E-state index in [1.165, 1.54) is 0 Å². The maximum atomic E-state index is 6.05. The van der Waals surface area contributed by atoms with Crippen LogP contribution >= 0.6 is 35.4 Å². The lowest BCUT2D eigenvalue weighted by Crippen LogP contribution is -2.05. The zero-order valence-corrected chi connectivity index (χ0v) is 12.9. The SMILES string of the molecule is Cc1nc2ccc(Cl)cc2c(=S)n1-c1ccc(Cl)cc1. The van der Waals surface area contributed by atoms with Crippen LogP contribution in [0, 0.1) is 11.6 Å². The van der Waals surface area contributed by atoms with Crippen molar-refractivity contribution in [3.63, 3.8) is 0 Å². The minimum Gasteiger partial charge on any atom is -0.289 e. The van der Waals surface area contributed by atoms with Gasteiger partial charge in [0.25, 0.3) is 0 Å². The van der Waals surface area contributed by atoms with E-state index < -0.39 is 0 Å². The van der Waals surface area contributed by atoms with Gasteiger partial charge < -0.3 is 0 Å². The molecule has 0 bridgehead atoms. The van der Waals surface area contributed by atoms with Crippen LogP contribution in [0.2, 0.25) is 10.0 Å². The highest BCUT2D eigenvalue weighted by molar-refractivity contribution is 7.71. The molecule has 0 aliphatic heterocycles. The summed E-state index contributed by atoms with van der Waals surface area (Å²) in [6, 6.07) is 13.1. The normalized spacial score (nSPS) is 10.9. The van der Waals surface area contributed by atoms with Crippen molar-refractivity contribution in [3.8, 4) is 5.69 Å². The van der Waals surface area contributed by atoms with Gasteiger partial charge in [0.05, 0.1) is 5.52 Å². The average Bonchev–Trinajstić information content (AvgIpc) is 2.42. The standard InChI is InChI=1S/C15H10Cl2N2S/c1-9-18-14-7-4-11(17)8-13(14)15(20)19(9)12-5-2-10(16)3-6-12/h2-8H,1H3. The molecule has 0 saturated carbocycles. The van der Waals surface area contributed by atoms with Crippen molar-refractivity contribution in [3.05, 3.63) is 63.0 Å². The minimum atomic E-state index is 0.650. The van der Waals surface area contributed by atoms with Crippen molar-refractivity contribution in [2.24, 2.45) is 0 Å². The van der Waals surface area contributed by atoms with Gasteiger partial charge in [-0.25, -0.2) is 4.98 Å². The third kappa shape index (κ3) is 2.33. The second-order valence-corrected chi connectivity index (χ2v) is 5.70. The summed E-state index contributed by atoms with van der Waals surface area (Å²) in [7, 11) is 0. The lowest BCUT2D eigenvalue weighted by molar-refractivity contribution is 0.917. The molecular weight excluding hydrogens is 311 g/mol. The molecule has 2 nitrogen and oxygen atoms in total. The maximum absolute atomic E-state index is 6.05. The number of rotatable bonds is 1. The predicted molar refractivity (Wildman–Crippen MR) is 86.7 cm³/mol. The van der Waals surface area contributed by atoms with Gasteiger partial charge in [0, 0.05) is 21.1 Å². The maximum Gasteiger partial charge on any atom is 0.121 e. The fourth-order valence-electron chi connectivity index (χ4n) is 2.16. The fraction of sp³-hybridized carbons (Fsp3) is 0.0667. The summed E-state index contributed by atoms with van der Waals surface area (Å²) >= 11 is 17.6. The van der Waals surface area contributed by atoms with Crippen molar-refractivity contribution in [2.45, 2.75) is 6.92 Å². The zero-order valence-electron chi connectivity index (χ0n) is 10.6. The summed E-state index contributed by atoms with van der Waals surface area (Å²) in [6.07, 6.45) is 0. The first kappa shape index (κ1) is 13.6. The highest BCUT2D eigenvalue weighted by Crippen LogP contribution is 2.23. The molecule has 0 atom stereocenters. The molecule has 20 heavy (non-hydrogen) atoms. The monoisotopic (exact) mass is 320 g/mol. The third-order valence-electron chi connectivity index (χ3n) is 3.08. The summed E-state index contributed by atoms with van der Waals surface area (Å²) in [5.74, 6) is 0.826. The molecule has 3 aromatic rings. The molecule has 0 unspecified atom stereocenters. The number of fused-ring (bicyclic) bond motifs is 1. The minimum absolute atomic E-state index is 0.650. The molecular formula is C15H10Cl2N2S. The van der Waals surface area contributed by atoms with Gasteiger partial charge in [-0.15, -0.1) is 0 Å². The van der Waals surface area contributed by atoms with E-state index in [0.717, 1.165) is 22.4 Å². The van der Waals surface area contributed by atoms with Gasteiger partial charge in [-0.2, -0.15) is 0 Å². The molecule has 0 saturated heterocycles. The number of aromatic nitrogens is 2. The van der Waals surface area contributed by atoms with Crippen molar-refractivity contribution in [1.82, 2.24) is 9.55 Å². The first-order valence-corrected chi connectivity index (χ1v) is 7.17. The van der Waals surface area contributed by atoms with E-state index >= 15 is 0 Å². The molecule has 2 aromatic carbocycles. The lowest BCUT2D eigenvalue weighted by atomic mass is 10.2.